The van der Waals surface area contributed by atoms with E-state index >= 15 is 0 Å². The molecule has 1 unspecified atom stereocenters. The van der Waals surface area contributed by atoms with Crippen molar-refractivity contribution < 1.29 is 0 Å². The molecule has 0 aromatic carbocycles. The molecule has 2 aromatic heterocycles. The van der Waals surface area contributed by atoms with Crippen molar-refractivity contribution in [2.75, 3.05) is 6.54 Å². The van der Waals surface area contributed by atoms with Gasteiger partial charge in [0, 0.05) is 29.5 Å². The smallest absolute Gasteiger partial charge is 0.192 e. The van der Waals surface area contributed by atoms with Gasteiger partial charge in [0.15, 0.2) is 5.16 Å². The zero-order valence-electron chi connectivity index (χ0n) is 12.1. The summed E-state index contributed by atoms with van der Waals surface area (Å²) in [5.41, 5.74) is 2.16. The minimum atomic E-state index is 0.328. The lowest BCUT2D eigenvalue weighted by atomic mass is 10.1. The minimum absolute atomic E-state index is 0.328. The normalized spacial score (nSPS) is 12.3. The van der Waals surface area contributed by atoms with Gasteiger partial charge in [-0.2, -0.15) is 0 Å². The van der Waals surface area contributed by atoms with E-state index in [0.29, 0.717) is 6.04 Å². The van der Waals surface area contributed by atoms with Crippen LogP contribution in [-0.4, -0.2) is 21.5 Å². The first-order valence-electron chi connectivity index (χ1n) is 6.88. The number of rotatable bonds is 6. The molecule has 0 fully saturated rings. The molecule has 4 nitrogen and oxygen atoms in total. The van der Waals surface area contributed by atoms with Crippen LogP contribution in [0.2, 0.25) is 0 Å². The summed E-state index contributed by atoms with van der Waals surface area (Å²) in [6.45, 7) is 7.21. The van der Waals surface area contributed by atoms with Gasteiger partial charge in [-0.25, -0.2) is 9.97 Å². The zero-order valence-corrected chi connectivity index (χ0v) is 12.9. The maximum atomic E-state index is 4.54. The van der Waals surface area contributed by atoms with Crippen LogP contribution in [0.3, 0.4) is 0 Å². The summed E-state index contributed by atoms with van der Waals surface area (Å²) in [7, 11) is 0. The molecule has 2 aromatic rings. The number of nitrogens with one attached hydrogen (secondary N) is 1. The van der Waals surface area contributed by atoms with Crippen LogP contribution in [0.15, 0.2) is 40.8 Å². The summed E-state index contributed by atoms with van der Waals surface area (Å²) in [5, 5.41) is 4.18. The Morgan fingerprint density at radius 1 is 1.10 bits per heavy atom. The van der Waals surface area contributed by atoms with Crippen LogP contribution in [0.1, 0.15) is 37.6 Å². The third kappa shape index (κ3) is 4.02. The second-order valence-electron chi connectivity index (χ2n) is 4.58. The van der Waals surface area contributed by atoms with Crippen molar-refractivity contribution in [1.82, 2.24) is 20.3 Å². The van der Waals surface area contributed by atoms with Crippen LogP contribution in [0.5, 0.6) is 0 Å². The first-order chi connectivity index (χ1) is 9.72. The molecule has 1 atom stereocenters. The van der Waals surface area contributed by atoms with Crippen molar-refractivity contribution in [2.24, 2.45) is 0 Å². The molecule has 0 aliphatic rings. The van der Waals surface area contributed by atoms with Crippen LogP contribution in [0, 0.1) is 6.92 Å². The molecule has 2 rings (SSSR count). The van der Waals surface area contributed by atoms with Crippen LogP contribution in [0.4, 0.5) is 0 Å². The van der Waals surface area contributed by atoms with E-state index in [2.05, 4.69) is 46.2 Å². The molecule has 0 spiro atoms. The summed E-state index contributed by atoms with van der Waals surface area (Å²) in [6, 6.07) is 4.48. The zero-order chi connectivity index (χ0) is 14.4. The van der Waals surface area contributed by atoms with Crippen molar-refractivity contribution in [2.45, 2.75) is 43.3 Å². The van der Waals surface area contributed by atoms with E-state index in [9.17, 15) is 0 Å². The summed E-state index contributed by atoms with van der Waals surface area (Å²) in [6.07, 6.45) is 6.59. The quantitative estimate of drug-likeness (QED) is 0.826. The SMILES string of the molecule is CCNC(CC)c1ccc(Sc2ncc(C)cn2)cn1. The Morgan fingerprint density at radius 3 is 2.40 bits per heavy atom. The lowest BCUT2D eigenvalue weighted by Crippen LogP contribution is -2.20. The molecule has 0 saturated carbocycles. The highest BCUT2D eigenvalue weighted by Gasteiger charge is 2.09. The maximum absolute atomic E-state index is 4.54. The second-order valence-corrected chi connectivity index (χ2v) is 5.62. The molecule has 20 heavy (non-hydrogen) atoms. The van der Waals surface area contributed by atoms with E-state index in [1.165, 1.54) is 11.8 Å². The van der Waals surface area contributed by atoms with Gasteiger partial charge in [-0.3, -0.25) is 4.98 Å². The van der Waals surface area contributed by atoms with Gasteiger partial charge >= 0.3 is 0 Å². The standard InChI is InChI=1S/C15H20N4S/c1-4-13(16-5-2)14-7-6-12(10-17-14)20-15-18-8-11(3)9-19-15/h6-10,13,16H,4-5H2,1-3H3. The summed E-state index contributed by atoms with van der Waals surface area (Å²) in [5.74, 6) is 0. The second kappa shape index (κ2) is 7.36. The Labute approximate surface area is 124 Å². The maximum Gasteiger partial charge on any atom is 0.192 e. The van der Waals surface area contributed by atoms with Gasteiger partial charge in [0.25, 0.3) is 0 Å². The summed E-state index contributed by atoms with van der Waals surface area (Å²) >= 11 is 1.53. The highest BCUT2D eigenvalue weighted by atomic mass is 32.2. The van der Waals surface area contributed by atoms with Gasteiger partial charge in [0.2, 0.25) is 0 Å². The van der Waals surface area contributed by atoms with Gasteiger partial charge in [-0.15, -0.1) is 0 Å². The molecule has 1 N–H and O–H groups in total. The van der Waals surface area contributed by atoms with Crippen molar-refractivity contribution >= 4 is 11.8 Å². The number of hydrogen-bond donors (Lipinski definition) is 1. The average molecular weight is 288 g/mol. The molecule has 5 heteroatoms. The van der Waals surface area contributed by atoms with Crippen molar-refractivity contribution in [3.63, 3.8) is 0 Å². The lowest BCUT2D eigenvalue weighted by Gasteiger charge is -2.15. The highest BCUT2D eigenvalue weighted by molar-refractivity contribution is 7.99. The predicted molar refractivity (Wildman–Crippen MR) is 81.8 cm³/mol. The number of nitrogens with zero attached hydrogens (tertiary/aromatic N) is 3. The van der Waals surface area contributed by atoms with Crippen molar-refractivity contribution in [3.05, 3.63) is 42.0 Å². The van der Waals surface area contributed by atoms with E-state index < -0.39 is 0 Å². The minimum Gasteiger partial charge on any atom is -0.309 e. The molecule has 106 valence electrons. The van der Waals surface area contributed by atoms with Crippen molar-refractivity contribution in [1.29, 1.82) is 0 Å². The molecule has 0 amide bonds. The van der Waals surface area contributed by atoms with Crippen LogP contribution in [-0.2, 0) is 0 Å². The molecule has 0 radical (unpaired) electrons. The lowest BCUT2D eigenvalue weighted by molar-refractivity contribution is 0.524. The Kier molecular flexibility index (Phi) is 5.49. The summed E-state index contributed by atoms with van der Waals surface area (Å²) in [4.78, 5) is 14.2. The van der Waals surface area contributed by atoms with E-state index in [0.717, 1.165) is 34.3 Å². The molecule has 0 bridgehead atoms. The fourth-order valence-corrected chi connectivity index (χ4v) is 2.56. The largest absolute Gasteiger partial charge is 0.309 e. The van der Waals surface area contributed by atoms with Gasteiger partial charge in [0.05, 0.1) is 5.69 Å². The third-order valence-corrected chi connectivity index (χ3v) is 3.81. The van der Waals surface area contributed by atoms with Crippen LogP contribution in [0.25, 0.3) is 0 Å². The van der Waals surface area contributed by atoms with E-state index in [4.69, 9.17) is 0 Å². The Bertz CT molecular complexity index is 525. The fourth-order valence-electron chi connectivity index (χ4n) is 1.90. The topological polar surface area (TPSA) is 50.7 Å². The Balaban J connectivity index is 2.06. The number of aromatic nitrogens is 3. The van der Waals surface area contributed by atoms with E-state index in [1.807, 2.05) is 25.5 Å². The predicted octanol–water partition coefficient (Wildman–Crippen LogP) is 3.39. The molecule has 0 saturated heterocycles. The first kappa shape index (κ1) is 14.9. The monoisotopic (exact) mass is 288 g/mol. The fraction of sp³-hybridized carbons (Fsp3) is 0.400. The highest BCUT2D eigenvalue weighted by Crippen LogP contribution is 2.24. The first-order valence-corrected chi connectivity index (χ1v) is 7.70. The van der Waals surface area contributed by atoms with Crippen LogP contribution < -0.4 is 5.32 Å². The van der Waals surface area contributed by atoms with E-state index in [-0.39, 0.29) is 0 Å². The number of pyridine rings is 1. The molecular formula is C15H20N4S. The van der Waals surface area contributed by atoms with Crippen molar-refractivity contribution in [3.8, 4) is 0 Å². The number of aryl methyl sites for hydroxylation is 1. The number of hydrogen-bond acceptors (Lipinski definition) is 5. The van der Waals surface area contributed by atoms with Gasteiger partial charge in [0.1, 0.15) is 0 Å². The Hall–Kier alpha value is -1.46. The molecule has 0 aliphatic carbocycles. The van der Waals surface area contributed by atoms with Gasteiger partial charge < -0.3 is 5.32 Å². The third-order valence-electron chi connectivity index (χ3n) is 2.94. The van der Waals surface area contributed by atoms with Gasteiger partial charge in [-0.05, 0) is 49.3 Å². The molecule has 2 heterocycles. The molecular weight excluding hydrogens is 268 g/mol. The Morgan fingerprint density at radius 2 is 1.85 bits per heavy atom. The molecule has 0 aliphatic heterocycles. The van der Waals surface area contributed by atoms with Gasteiger partial charge in [-0.1, -0.05) is 13.8 Å². The summed E-state index contributed by atoms with van der Waals surface area (Å²) < 4.78 is 0. The van der Waals surface area contributed by atoms with Crippen LogP contribution >= 0.6 is 11.8 Å². The average Bonchev–Trinajstić information content (AvgIpc) is 2.48. The van der Waals surface area contributed by atoms with E-state index in [1.54, 1.807) is 0 Å².